The Labute approximate surface area is 95.5 Å². The molecule has 15 heavy (non-hydrogen) atoms. The van der Waals surface area contributed by atoms with E-state index in [1.54, 1.807) is 0 Å². The molecule has 0 unspecified atom stereocenters. The SMILES string of the molecule is C=CCN(CCCC(C)(C)N)C(C)(C)C. The van der Waals surface area contributed by atoms with Crippen molar-refractivity contribution in [3.63, 3.8) is 0 Å². The number of nitrogens with zero attached hydrogens (tertiary/aromatic N) is 1. The second-order valence-electron chi connectivity index (χ2n) is 6.00. The molecule has 0 aromatic rings. The Hall–Kier alpha value is -0.340. The molecule has 2 nitrogen and oxygen atoms in total. The molecule has 0 aliphatic carbocycles. The van der Waals surface area contributed by atoms with E-state index >= 15 is 0 Å². The second-order valence-corrected chi connectivity index (χ2v) is 6.00. The second kappa shape index (κ2) is 5.66. The molecule has 0 aliphatic heterocycles. The molecule has 90 valence electrons. The lowest BCUT2D eigenvalue weighted by atomic mass is 9.98. The summed E-state index contributed by atoms with van der Waals surface area (Å²) in [5.74, 6) is 0. The quantitative estimate of drug-likeness (QED) is 0.686. The zero-order valence-corrected chi connectivity index (χ0v) is 11.1. The summed E-state index contributed by atoms with van der Waals surface area (Å²) in [6.45, 7) is 16.7. The summed E-state index contributed by atoms with van der Waals surface area (Å²) in [4.78, 5) is 2.44. The van der Waals surface area contributed by atoms with Gasteiger partial charge in [-0.25, -0.2) is 0 Å². The monoisotopic (exact) mass is 212 g/mol. The van der Waals surface area contributed by atoms with Crippen molar-refractivity contribution in [3.05, 3.63) is 12.7 Å². The summed E-state index contributed by atoms with van der Waals surface area (Å²) < 4.78 is 0. The van der Waals surface area contributed by atoms with Crippen molar-refractivity contribution in [3.8, 4) is 0 Å². The zero-order chi connectivity index (χ0) is 12.1. The van der Waals surface area contributed by atoms with E-state index in [4.69, 9.17) is 5.73 Å². The van der Waals surface area contributed by atoms with Crippen molar-refractivity contribution in [1.29, 1.82) is 0 Å². The van der Waals surface area contributed by atoms with E-state index in [0.29, 0.717) is 0 Å². The molecule has 0 aromatic heterocycles. The highest BCUT2D eigenvalue weighted by Gasteiger charge is 2.20. The van der Waals surface area contributed by atoms with Crippen molar-refractivity contribution in [2.75, 3.05) is 13.1 Å². The number of hydrogen-bond donors (Lipinski definition) is 1. The summed E-state index contributed by atoms with van der Waals surface area (Å²) in [7, 11) is 0. The van der Waals surface area contributed by atoms with Gasteiger partial charge in [-0.1, -0.05) is 6.08 Å². The van der Waals surface area contributed by atoms with E-state index in [1.807, 2.05) is 6.08 Å². The standard InChI is InChI=1S/C13H28N2/c1-7-10-15(12(2,3)4)11-8-9-13(5,6)14/h7H,1,8-11,14H2,2-6H3. The van der Waals surface area contributed by atoms with Crippen LogP contribution >= 0.6 is 0 Å². The molecule has 0 saturated carbocycles. The van der Waals surface area contributed by atoms with Crippen LogP contribution in [0, 0.1) is 0 Å². The van der Waals surface area contributed by atoms with E-state index in [1.165, 1.54) is 0 Å². The molecule has 0 amide bonds. The van der Waals surface area contributed by atoms with Crippen molar-refractivity contribution in [2.45, 2.75) is 58.5 Å². The number of rotatable bonds is 6. The molecule has 2 heteroatoms. The zero-order valence-electron chi connectivity index (χ0n) is 11.1. The van der Waals surface area contributed by atoms with Crippen LogP contribution < -0.4 is 5.73 Å². The van der Waals surface area contributed by atoms with Crippen LogP contribution in [0.15, 0.2) is 12.7 Å². The van der Waals surface area contributed by atoms with Crippen LogP contribution in [0.1, 0.15) is 47.5 Å². The maximum atomic E-state index is 5.97. The van der Waals surface area contributed by atoms with Crippen molar-refractivity contribution in [2.24, 2.45) is 5.73 Å². The number of hydrogen-bond acceptors (Lipinski definition) is 2. The van der Waals surface area contributed by atoms with Gasteiger partial charge in [0, 0.05) is 17.6 Å². The van der Waals surface area contributed by atoms with Gasteiger partial charge in [-0.3, -0.25) is 4.90 Å². The first-order valence-corrected chi connectivity index (χ1v) is 5.81. The Morgan fingerprint density at radius 3 is 2.07 bits per heavy atom. The average molecular weight is 212 g/mol. The van der Waals surface area contributed by atoms with E-state index in [-0.39, 0.29) is 11.1 Å². The van der Waals surface area contributed by atoms with Gasteiger partial charge in [0.25, 0.3) is 0 Å². The molecule has 0 aromatic carbocycles. The van der Waals surface area contributed by atoms with Gasteiger partial charge in [0.1, 0.15) is 0 Å². The third-order valence-corrected chi connectivity index (χ3v) is 2.55. The molecular weight excluding hydrogens is 184 g/mol. The van der Waals surface area contributed by atoms with E-state index in [0.717, 1.165) is 25.9 Å². The maximum Gasteiger partial charge on any atom is 0.0165 e. The molecule has 0 atom stereocenters. The Bertz CT molecular complexity index is 184. The summed E-state index contributed by atoms with van der Waals surface area (Å²) in [5, 5.41) is 0. The van der Waals surface area contributed by atoms with Crippen LogP contribution in [0.3, 0.4) is 0 Å². The Kier molecular flexibility index (Phi) is 5.54. The summed E-state index contributed by atoms with van der Waals surface area (Å²) in [6.07, 6.45) is 4.18. The van der Waals surface area contributed by atoms with Gasteiger partial charge < -0.3 is 5.73 Å². The lowest BCUT2D eigenvalue weighted by molar-refractivity contribution is 0.148. The van der Waals surface area contributed by atoms with Crippen LogP contribution in [-0.4, -0.2) is 29.1 Å². The average Bonchev–Trinajstić information content (AvgIpc) is 1.98. The smallest absolute Gasteiger partial charge is 0.0165 e. The molecule has 0 heterocycles. The van der Waals surface area contributed by atoms with Crippen molar-refractivity contribution >= 4 is 0 Å². The van der Waals surface area contributed by atoms with Crippen LogP contribution in [0.2, 0.25) is 0 Å². The van der Waals surface area contributed by atoms with Crippen LogP contribution in [0.5, 0.6) is 0 Å². The molecule has 0 aliphatic rings. The summed E-state index contributed by atoms with van der Waals surface area (Å²) in [5.41, 5.74) is 6.14. The van der Waals surface area contributed by atoms with Gasteiger partial charge in [-0.05, 0) is 54.0 Å². The Balaban J connectivity index is 4.03. The highest BCUT2D eigenvalue weighted by atomic mass is 15.2. The lowest BCUT2D eigenvalue weighted by Gasteiger charge is -2.35. The Morgan fingerprint density at radius 2 is 1.73 bits per heavy atom. The highest BCUT2D eigenvalue weighted by Crippen LogP contribution is 2.15. The minimum Gasteiger partial charge on any atom is -0.326 e. The van der Waals surface area contributed by atoms with E-state index in [2.05, 4.69) is 46.1 Å². The van der Waals surface area contributed by atoms with Crippen molar-refractivity contribution < 1.29 is 0 Å². The fourth-order valence-corrected chi connectivity index (χ4v) is 1.58. The molecule has 0 rings (SSSR count). The fourth-order valence-electron chi connectivity index (χ4n) is 1.58. The lowest BCUT2D eigenvalue weighted by Crippen LogP contribution is -2.43. The minimum absolute atomic E-state index is 0.0439. The van der Waals surface area contributed by atoms with Gasteiger partial charge >= 0.3 is 0 Å². The first-order chi connectivity index (χ1) is 6.67. The van der Waals surface area contributed by atoms with Gasteiger partial charge in [0.15, 0.2) is 0 Å². The Morgan fingerprint density at radius 1 is 1.20 bits per heavy atom. The minimum atomic E-state index is -0.0439. The van der Waals surface area contributed by atoms with Gasteiger partial charge in [0.05, 0.1) is 0 Å². The van der Waals surface area contributed by atoms with Crippen LogP contribution in [0.4, 0.5) is 0 Å². The van der Waals surface area contributed by atoms with Gasteiger partial charge in [-0.15, -0.1) is 6.58 Å². The molecule has 0 fully saturated rings. The normalized spacial score (nSPS) is 13.3. The first-order valence-electron chi connectivity index (χ1n) is 5.81. The summed E-state index contributed by atoms with van der Waals surface area (Å²) >= 11 is 0. The molecule has 0 saturated heterocycles. The van der Waals surface area contributed by atoms with E-state index < -0.39 is 0 Å². The highest BCUT2D eigenvalue weighted by molar-refractivity contribution is 4.83. The fraction of sp³-hybridized carbons (Fsp3) is 0.846. The van der Waals surface area contributed by atoms with E-state index in [9.17, 15) is 0 Å². The molecule has 2 N–H and O–H groups in total. The van der Waals surface area contributed by atoms with Crippen molar-refractivity contribution in [1.82, 2.24) is 4.90 Å². The first kappa shape index (κ1) is 14.7. The molecule has 0 radical (unpaired) electrons. The summed E-state index contributed by atoms with van der Waals surface area (Å²) in [6, 6.07) is 0. The van der Waals surface area contributed by atoms with Crippen LogP contribution in [-0.2, 0) is 0 Å². The topological polar surface area (TPSA) is 29.3 Å². The largest absolute Gasteiger partial charge is 0.326 e. The van der Waals surface area contributed by atoms with Gasteiger partial charge in [-0.2, -0.15) is 0 Å². The number of nitrogens with two attached hydrogens (primary N) is 1. The third kappa shape index (κ3) is 7.57. The predicted octanol–water partition coefficient (Wildman–Crippen LogP) is 2.79. The van der Waals surface area contributed by atoms with Gasteiger partial charge in [0.2, 0.25) is 0 Å². The molecular formula is C13H28N2. The molecule has 0 spiro atoms. The third-order valence-electron chi connectivity index (χ3n) is 2.55. The maximum absolute atomic E-state index is 5.97. The predicted molar refractivity (Wildman–Crippen MR) is 69.0 cm³/mol. The van der Waals surface area contributed by atoms with Crippen LogP contribution in [0.25, 0.3) is 0 Å². The molecule has 0 bridgehead atoms.